The topological polar surface area (TPSA) is 32.3 Å². The highest BCUT2D eigenvalue weighted by Crippen LogP contribution is 2.41. The number of rotatable bonds is 2. The summed E-state index contributed by atoms with van der Waals surface area (Å²) in [7, 11) is 0. The fourth-order valence-electron chi connectivity index (χ4n) is 3.32. The summed E-state index contributed by atoms with van der Waals surface area (Å²) in [6.07, 6.45) is 0. The molecule has 4 rings (SSSR count). The first-order valence-corrected chi connectivity index (χ1v) is 9.44. The van der Waals surface area contributed by atoms with Crippen LogP contribution < -0.4 is 9.03 Å². The maximum absolute atomic E-state index is 13.1. The van der Waals surface area contributed by atoms with Crippen LogP contribution in [0.25, 0.3) is 0 Å². The zero-order valence-electron chi connectivity index (χ0n) is 14.3. The third-order valence-electron chi connectivity index (χ3n) is 4.49. The molecular weight excluding hydrogens is 328 g/mol. The summed E-state index contributed by atoms with van der Waals surface area (Å²) in [5.74, 6) is 0. The average Bonchev–Trinajstić information content (AvgIpc) is 2.61. The number of aryl methyl sites for hydroxylation is 2. The molecule has 3 nitrogen and oxygen atoms in total. The van der Waals surface area contributed by atoms with Crippen LogP contribution >= 0.6 is 0 Å². The number of fused-ring (bicyclic) bond motifs is 1. The van der Waals surface area contributed by atoms with E-state index in [1.165, 1.54) is 0 Å². The van der Waals surface area contributed by atoms with Gasteiger partial charge in [-0.2, -0.15) is 0 Å². The second kappa shape index (κ2) is 6.37. The lowest BCUT2D eigenvalue weighted by Gasteiger charge is -2.38. The number of hydrogen-bond acceptors (Lipinski definition) is 1. The largest absolute Gasteiger partial charge is 0.287 e. The quantitative estimate of drug-likeness (QED) is 0.701. The van der Waals surface area contributed by atoms with Crippen LogP contribution in [0.15, 0.2) is 72.8 Å². The lowest BCUT2D eigenvalue weighted by molar-refractivity contribution is 0.674. The Hall–Kier alpha value is -2.59. The zero-order chi connectivity index (χ0) is 17.4. The fourth-order valence-corrected chi connectivity index (χ4v) is 4.52. The van der Waals surface area contributed by atoms with Crippen molar-refractivity contribution in [3.8, 4) is 0 Å². The molecule has 0 saturated heterocycles. The van der Waals surface area contributed by atoms with Gasteiger partial charge in [-0.3, -0.25) is 9.03 Å². The van der Waals surface area contributed by atoms with Crippen LogP contribution in [-0.2, 0) is 11.2 Å². The number of nitrogens with one attached hydrogen (secondary N) is 1. The smallest absolute Gasteiger partial charge is 0.223 e. The van der Waals surface area contributed by atoms with Gasteiger partial charge in [-0.15, -0.1) is 0 Å². The summed E-state index contributed by atoms with van der Waals surface area (Å²) in [6, 6.07) is 24.6. The molecule has 0 radical (unpaired) electrons. The molecule has 2 atom stereocenters. The van der Waals surface area contributed by atoms with Gasteiger partial charge in [0.15, 0.2) is 0 Å². The predicted octanol–water partition coefficient (Wildman–Crippen LogP) is 4.90. The summed E-state index contributed by atoms with van der Waals surface area (Å²) in [4.78, 5) is 0. The van der Waals surface area contributed by atoms with Gasteiger partial charge in [0, 0.05) is 5.56 Å². The molecule has 0 amide bonds. The standard InChI is InChI=1S/C21H20N2OS/c1-15-7-6-10-18(13-15)23-21(17-8-4-3-5-9-17)19-12-11-16(2)14-20(19)22-25(23)24/h3-14,21-22H,1-2H3/t21-,25-/m0/s1. The molecule has 0 aliphatic carbocycles. The van der Waals surface area contributed by atoms with Crippen molar-refractivity contribution in [3.05, 3.63) is 95.1 Å². The zero-order valence-corrected chi connectivity index (χ0v) is 15.1. The van der Waals surface area contributed by atoms with E-state index in [2.05, 4.69) is 61.0 Å². The first-order valence-electron chi connectivity index (χ1n) is 8.33. The summed E-state index contributed by atoms with van der Waals surface area (Å²) >= 11 is -1.35. The van der Waals surface area contributed by atoms with E-state index in [0.717, 1.165) is 33.6 Å². The second-order valence-corrected chi connectivity index (χ2v) is 7.52. The van der Waals surface area contributed by atoms with Crippen molar-refractivity contribution in [2.75, 3.05) is 9.03 Å². The van der Waals surface area contributed by atoms with Gasteiger partial charge in [-0.05, 0) is 48.7 Å². The van der Waals surface area contributed by atoms with Gasteiger partial charge in [-0.1, -0.05) is 54.6 Å². The van der Waals surface area contributed by atoms with Gasteiger partial charge in [0.05, 0.1) is 17.4 Å². The number of nitrogens with zero attached hydrogens (tertiary/aromatic N) is 1. The molecule has 1 aliphatic rings. The molecule has 1 N–H and O–H groups in total. The van der Waals surface area contributed by atoms with Gasteiger partial charge < -0.3 is 0 Å². The molecule has 1 heterocycles. The Morgan fingerprint density at radius 1 is 0.880 bits per heavy atom. The molecule has 25 heavy (non-hydrogen) atoms. The van der Waals surface area contributed by atoms with E-state index in [-0.39, 0.29) is 6.04 Å². The minimum Gasteiger partial charge on any atom is -0.287 e. The first kappa shape index (κ1) is 15.9. The van der Waals surface area contributed by atoms with Gasteiger partial charge >= 0.3 is 0 Å². The molecule has 0 bridgehead atoms. The van der Waals surface area contributed by atoms with E-state index in [1.54, 1.807) is 0 Å². The van der Waals surface area contributed by atoms with Crippen LogP contribution in [0.4, 0.5) is 11.4 Å². The Bertz CT molecular complexity index is 940. The van der Waals surface area contributed by atoms with Gasteiger partial charge in [0.25, 0.3) is 0 Å². The van der Waals surface area contributed by atoms with Crippen LogP contribution in [0, 0.1) is 13.8 Å². The highest BCUT2D eigenvalue weighted by atomic mass is 32.2. The second-order valence-electron chi connectivity index (χ2n) is 6.42. The van der Waals surface area contributed by atoms with Crippen molar-refractivity contribution in [1.82, 2.24) is 0 Å². The van der Waals surface area contributed by atoms with Crippen molar-refractivity contribution in [3.63, 3.8) is 0 Å². The summed E-state index contributed by atoms with van der Waals surface area (Å²) in [5.41, 5.74) is 6.46. The van der Waals surface area contributed by atoms with E-state index in [9.17, 15) is 4.21 Å². The Balaban J connectivity index is 1.93. The summed E-state index contributed by atoms with van der Waals surface area (Å²) in [5, 5.41) is 0. The van der Waals surface area contributed by atoms with E-state index >= 15 is 0 Å². The highest BCUT2D eigenvalue weighted by Gasteiger charge is 2.34. The van der Waals surface area contributed by atoms with Gasteiger partial charge in [-0.25, -0.2) is 4.21 Å². The third kappa shape index (κ3) is 2.94. The van der Waals surface area contributed by atoms with Crippen molar-refractivity contribution in [1.29, 1.82) is 0 Å². The highest BCUT2D eigenvalue weighted by molar-refractivity contribution is 7.87. The van der Waals surface area contributed by atoms with Crippen LogP contribution in [0.1, 0.15) is 28.3 Å². The normalized spacial score (nSPS) is 19.2. The summed E-state index contributed by atoms with van der Waals surface area (Å²) in [6.45, 7) is 4.11. The van der Waals surface area contributed by atoms with Crippen LogP contribution in [0.5, 0.6) is 0 Å². The number of hydrogen-bond donors (Lipinski definition) is 1. The minimum absolute atomic E-state index is 0.0966. The average molecular weight is 348 g/mol. The summed E-state index contributed by atoms with van der Waals surface area (Å²) < 4.78 is 18.2. The Kier molecular flexibility index (Phi) is 4.06. The maximum Gasteiger partial charge on any atom is 0.223 e. The molecule has 0 unspecified atom stereocenters. The van der Waals surface area contributed by atoms with Crippen LogP contribution in [0.3, 0.4) is 0 Å². The fraction of sp³-hybridized carbons (Fsp3) is 0.143. The van der Waals surface area contributed by atoms with Crippen molar-refractivity contribution in [2.24, 2.45) is 0 Å². The monoisotopic (exact) mass is 348 g/mol. The first-order chi connectivity index (χ1) is 12.1. The maximum atomic E-state index is 13.1. The molecule has 0 spiro atoms. The molecule has 3 aromatic carbocycles. The van der Waals surface area contributed by atoms with E-state index in [4.69, 9.17) is 0 Å². The van der Waals surface area contributed by atoms with Crippen LogP contribution in [-0.4, -0.2) is 4.21 Å². The predicted molar refractivity (Wildman–Crippen MR) is 105 cm³/mol. The van der Waals surface area contributed by atoms with E-state index in [1.807, 2.05) is 34.6 Å². The lowest BCUT2D eigenvalue weighted by Crippen LogP contribution is -2.39. The SMILES string of the molecule is Cc1cccc(N2[C@@H](c3ccccc3)c3ccc(C)cc3N[S@@]2=O)c1. The molecular formula is C21H20N2OS. The lowest BCUT2D eigenvalue weighted by atomic mass is 9.95. The van der Waals surface area contributed by atoms with Crippen molar-refractivity contribution < 1.29 is 4.21 Å². The molecule has 0 saturated carbocycles. The third-order valence-corrected chi connectivity index (χ3v) is 5.66. The molecule has 3 aromatic rings. The molecule has 126 valence electrons. The van der Waals surface area contributed by atoms with Crippen molar-refractivity contribution >= 4 is 22.5 Å². The van der Waals surface area contributed by atoms with Gasteiger partial charge in [0.1, 0.15) is 0 Å². The van der Waals surface area contributed by atoms with E-state index < -0.39 is 11.2 Å². The molecule has 4 heteroatoms. The van der Waals surface area contributed by atoms with Crippen molar-refractivity contribution in [2.45, 2.75) is 19.9 Å². The number of anilines is 2. The van der Waals surface area contributed by atoms with Crippen LogP contribution in [0.2, 0.25) is 0 Å². The Morgan fingerprint density at radius 3 is 2.40 bits per heavy atom. The molecule has 0 fully saturated rings. The van der Waals surface area contributed by atoms with E-state index in [0.29, 0.717) is 0 Å². The Labute approximate surface area is 151 Å². The number of benzene rings is 3. The minimum atomic E-state index is -1.35. The molecule has 0 aromatic heterocycles. The Morgan fingerprint density at radius 2 is 1.64 bits per heavy atom. The van der Waals surface area contributed by atoms with Gasteiger partial charge in [0.2, 0.25) is 11.2 Å². The molecule has 1 aliphatic heterocycles.